The third-order valence-electron chi connectivity index (χ3n) is 11.5. The summed E-state index contributed by atoms with van der Waals surface area (Å²) >= 11 is 6.47. The van der Waals surface area contributed by atoms with Crippen LogP contribution in [-0.4, -0.2) is 71.1 Å². The van der Waals surface area contributed by atoms with Crippen molar-refractivity contribution >= 4 is 39.0 Å². The summed E-state index contributed by atoms with van der Waals surface area (Å²) in [5.41, 5.74) is 2.90. The molecule has 7 rings (SSSR count). The monoisotopic (exact) mass is 749 g/mol. The van der Waals surface area contributed by atoms with E-state index in [0.717, 1.165) is 49.4 Å². The van der Waals surface area contributed by atoms with E-state index in [0.29, 0.717) is 31.2 Å². The average Bonchev–Trinajstić information content (AvgIpc) is 3.41. The number of carbonyl (C=O) groups is 2. The Kier molecular flexibility index (Phi) is 9.94. The van der Waals surface area contributed by atoms with Gasteiger partial charge in [-0.1, -0.05) is 36.7 Å². The first kappa shape index (κ1) is 36.5. The molecule has 6 atom stereocenters. The number of rotatable bonds is 4. The fourth-order valence-corrected chi connectivity index (χ4v) is 10.7. The van der Waals surface area contributed by atoms with E-state index < -0.39 is 27.3 Å². The summed E-state index contributed by atoms with van der Waals surface area (Å²) in [5, 5.41) is 4.89. The number of allylic oxidation sites excluding steroid dienone is 1. The van der Waals surface area contributed by atoms with Crippen molar-refractivity contribution in [3.8, 4) is 11.6 Å². The Hall–Kier alpha value is -3.87. The number of methoxy groups -OCH3 is 2. The highest BCUT2D eigenvalue weighted by Gasteiger charge is 2.47. The summed E-state index contributed by atoms with van der Waals surface area (Å²) in [4.78, 5) is 30.0. The van der Waals surface area contributed by atoms with Crippen LogP contribution >= 0.6 is 11.6 Å². The third-order valence-corrected chi connectivity index (χ3v) is 13.8. The second kappa shape index (κ2) is 14.2. The number of amides is 2. The zero-order valence-electron chi connectivity index (χ0n) is 30.5. The number of carbonyl (C=O) groups excluding carboxylic acids is 2. The lowest BCUT2D eigenvalue weighted by atomic mass is 9.64. The smallest absolute Gasteiger partial charge is 0.286 e. The van der Waals surface area contributed by atoms with Crippen LogP contribution in [0.5, 0.6) is 11.6 Å². The first-order valence-electron chi connectivity index (χ1n) is 18.1. The predicted molar refractivity (Wildman–Crippen MR) is 202 cm³/mol. The van der Waals surface area contributed by atoms with Crippen molar-refractivity contribution in [2.24, 2.45) is 29.2 Å². The SMILES string of the molecule is COc1nn(C)cc1C(=O)NS1(=O)=NC(=O)c2ccc3c(c2)N(C[C@@H]2CC[C@H]2[C@@](C)(OC)/C=C\C[C@H](C)C1)C[C@@]1(CCCc2cc(Cl)ccc21)CO3. The fourth-order valence-electron chi connectivity index (χ4n) is 8.67. The molecule has 3 aromatic rings. The number of nitrogens with one attached hydrogen (secondary N) is 1. The maximum Gasteiger partial charge on any atom is 0.286 e. The van der Waals surface area contributed by atoms with Gasteiger partial charge in [0, 0.05) is 49.4 Å². The molecule has 11 nitrogen and oxygen atoms in total. The van der Waals surface area contributed by atoms with Gasteiger partial charge in [-0.2, -0.15) is 0 Å². The van der Waals surface area contributed by atoms with Gasteiger partial charge >= 0.3 is 0 Å². The third kappa shape index (κ3) is 6.97. The van der Waals surface area contributed by atoms with Crippen molar-refractivity contribution in [2.75, 3.05) is 44.6 Å². The lowest BCUT2D eigenvalue weighted by Crippen LogP contribution is -2.52. The topological polar surface area (TPSA) is 124 Å². The number of hydrogen-bond donors (Lipinski definition) is 1. The van der Waals surface area contributed by atoms with Crippen molar-refractivity contribution in [1.82, 2.24) is 14.5 Å². The maximum atomic E-state index is 14.6. The van der Waals surface area contributed by atoms with Gasteiger partial charge in [-0.15, -0.1) is 9.46 Å². The Bertz CT molecular complexity index is 2040. The Morgan fingerprint density at radius 3 is 2.75 bits per heavy atom. The van der Waals surface area contributed by atoms with Gasteiger partial charge in [0.1, 0.15) is 21.2 Å². The molecule has 13 heteroatoms. The van der Waals surface area contributed by atoms with Crippen molar-refractivity contribution in [3.05, 3.63) is 82.0 Å². The Morgan fingerprint density at radius 1 is 1.17 bits per heavy atom. The number of aryl methyl sites for hydroxylation is 2. The molecule has 2 aliphatic heterocycles. The lowest BCUT2D eigenvalue weighted by molar-refractivity contribution is -0.0621. The molecule has 52 heavy (non-hydrogen) atoms. The quantitative estimate of drug-likeness (QED) is 0.299. The van der Waals surface area contributed by atoms with Crippen LogP contribution in [-0.2, 0) is 33.5 Å². The van der Waals surface area contributed by atoms with E-state index in [9.17, 15) is 13.8 Å². The van der Waals surface area contributed by atoms with E-state index >= 15 is 0 Å². The van der Waals surface area contributed by atoms with Crippen molar-refractivity contribution in [3.63, 3.8) is 0 Å². The molecule has 278 valence electrons. The Balaban J connectivity index is 1.32. The van der Waals surface area contributed by atoms with Gasteiger partial charge < -0.3 is 19.1 Å². The molecule has 1 unspecified atom stereocenters. The van der Waals surface area contributed by atoms with Crippen LogP contribution in [0.4, 0.5) is 5.69 Å². The summed E-state index contributed by atoms with van der Waals surface area (Å²) < 4.78 is 41.1. The van der Waals surface area contributed by atoms with Crippen molar-refractivity contribution < 1.29 is 28.0 Å². The Labute approximate surface area is 311 Å². The van der Waals surface area contributed by atoms with E-state index in [1.165, 1.54) is 29.1 Å². The standard InChI is InChI=1S/C39H48ClN5O6S/c1-25-8-6-16-38(2,50-5)31-13-10-28(31)20-45-23-39(17-7-9-26-18-29(40)12-14-32(26)39)24-51-34-15-11-27(19-33(34)45)35(46)42-52(48,22-25)43-36(47)30-21-44(3)41-37(30)49-4/h6,11-12,14-16,18-19,21,25,28,31H,7-10,13,17,20,22-24H2,1-5H3,(H,42,43,46,47,48)/b16-6-/t25-,28-,31+,38-,39-,52?/m0/s1. The number of hydrogen-bond acceptors (Lipinski definition) is 8. The first-order valence-corrected chi connectivity index (χ1v) is 20.1. The number of fused-ring (bicyclic) bond motifs is 4. The molecule has 1 fully saturated rings. The fraction of sp³-hybridized carbons (Fsp3) is 0.513. The molecule has 2 aromatic carbocycles. The van der Waals surface area contributed by atoms with E-state index in [2.05, 4.69) is 50.3 Å². The molecule has 1 aromatic heterocycles. The summed E-state index contributed by atoms with van der Waals surface area (Å²) in [5.74, 6) is -0.207. The normalized spacial score (nSPS) is 30.8. The summed E-state index contributed by atoms with van der Waals surface area (Å²) in [6.45, 7) is 6.02. The van der Waals surface area contributed by atoms with E-state index in [1.807, 2.05) is 25.1 Å². The summed E-state index contributed by atoms with van der Waals surface area (Å²) in [7, 11) is 1.22. The minimum absolute atomic E-state index is 0.0424. The van der Waals surface area contributed by atoms with Gasteiger partial charge in [0.05, 0.1) is 30.8 Å². The van der Waals surface area contributed by atoms with Crippen LogP contribution in [0.2, 0.25) is 5.02 Å². The zero-order valence-corrected chi connectivity index (χ0v) is 32.1. The minimum atomic E-state index is -3.61. The van der Waals surface area contributed by atoms with Gasteiger partial charge in [0.15, 0.2) is 0 Å². The molecule has 1 saturated carbocycles. The van der Waals surface area contributed by atoms with Crippen LogP contribution in [0.3, 0.4) is 0 Å². The second-order valence-corrected chi connectivity index (χ2v) is 17.7. The van der Waals surface area contributed by atoms with E-state index in [-0.39, 0.29) is 40.0 Å². The van der Waals surface area contributed by atoms with Gasteiger partial charge in [0.25, 0.3) is 11.8 Å². The van der Waals surface area contributed by atoms with E-state index in [4.69, 9.17) is 25.8 Å². The number of anilines is 1. The van der Waals surface area contributed by atoms with Crippen LogP contribution in [0.1, 0.15) is 77.8 Å². The van der Waals surface area contributed by atoms with Crippen molar-refractivity contribution in [1.29, 1.82) is 0 Å². The van der Waals surface area contributed by atoms with Gasteiger partial charge in [0.2, 0.25) is 5.88 Å². The molecule has 1 N–H and O–H groups in total. The number of benzene rings is 2. The minimum Gasteiger partial charge on any atom is -0.490 e. The molecule has 3 heterocycles. The molecule has 2 bridgehead atoms. The average molecular weight is 750 g/mol. The number of aromatic nitrogens is 2. The molecule has 4 aliphatic rings. The molecule has 2 aliphatic carbocycles. The highest BCUT2D eigenvalue weighted by Crippen LogP contribution is 2.49. The molecule has 1 spiro atoms. The zero-order chi connectivity index (χ0) is 36.8. The first-order chi connectivity index (χ1) is 24.8. The van der Waals surface area contributed by atoms with Crippen LogP contribution in [0.15, 0.2) is 59.1 Å². The van der Waals surface area contributed by atoms with E-state index in [1.54, 1.807) is 20.2 Å². The largest absolute Gasteiger partial charge is 0.490 e. The molecule has 0 radical (unpaired) electrons. The maximum absolute atomic E-state index is 14.6. The molecule has 2 amide bonds. The van der Waals surface area contributed by atoms with Gasteiger partial charge in [-0.05, 0) is 105 Å². The highest BCUT2D eigenvalue weighted by molar-refractivity contribution is 7.92. The summed E-state index contributed by atoms with van der Waals surface area (Å²) in [6.07, 6.45) is 11.3. The molecule has 0 saturated heterocycles. The predicted octanol–water partition coefficient (Wildman–Crippen LogP) is 6.54. The molecular formula is C39H48ClN5O6S. The summed E-state index contributed by atoms with van der Waals surface area (Å²) in [6, 6.07) is 11.5. The Morgan fingerprint density at radius 2 is 2.00 bits per heavy atom. The van der Waals surface area contributed by atoms with Crippen molar-refractivity contribution in [2.45, 2.75) is 63.4 Å². The lowest BCUT2D eigenvalue weighted by Gasteiger charge is -2.49. The molecular weight excluding hydrogens is 702 g/mol. The van der Waals surface area contributed by atoms with Crippen LogP contribution in [0, 0.1) is 17.8 Å². The van der Waals surface area contributed by atoms with Crippen LogP contribution in [0.25, 0.3) is 0 Å². The van der Waals surface area contributed by atoms with Gasteiger partial charge in [-0.3, -0.25) is 19.0 Å². The van der Waals surface area contributed by atoms with Crippen LogP contribution < -0.4 is 19.1 Å². The second-order valence-electron chi connectivity index (χ2n) is 15.2. The number of ether oxygens (including phenoxy) is 3. The number of halogens is 1. The highest BCUT2D eigenvalue weighted by atomic mass is 35.5. The number of nitrogens with zero attached hydrogens (tertiary/aromatic N) is 4. The van der Waals surface area contributed by atoms with Gasteiger partial charge in [-0.25, -0.2) is 4.21 Å².